The van der Waals surface area contributed by atoms with Crippen LogP contribution in [0.2, 0.25) is 0 Å². The summed E-state index contributed by atoms with van der Waals surface area (Å²) in [7, 11) is 4.73. The van der Waals surface area contributed by atoms with E-state index in [1.807, 2.05) is 12.1 Å². The van der Waals surface area contributed by atoms with Gasteiger partial charge >= 0.3 is 0 Å². The molecular weight excluding hydrogens is 262 g/mol. The van der Waals surface area contributed by atoms with Crippen molar-refractivity contribution in [2.75, 3.05) is 41.0 Å². The molecule has 1 aromatic carbocycles. The van der Waals surface area contributed by atoms with E-state index in [0.29, 0.717) is 30.3 Å². The van der Waals surface area contributed by atoms with Gasteiger partial charge in [0, 0.05) is 6.54 Å². The van der Waals surface area contributed by atoms with Crippen LogP contribution in [0.15, 0.2) is 12.1 Å². The first kappa shape index (κ1) is 16.6. The lowest BCUT2D eigenvalue weighted by Crippen LogP contribution is -2.30. The first-order valence-corrected chi connectivity index (χ1v) is 6.44. The molecule has 1 aromatic rings. The van der Waals surface area contributed by atoms with Gasteiger partial charge in [0.1, 0.15) is 0 Å². The number of hydrogen-bond donors (Lipinski definition) is 3. The third kappa shape index (κ3) is 4.56. The normalized spacial score (nSPS) is 12.1. The molecule has 3 N–H and O–H groups in total. The van der Waals surface area contributed by atoms with Crippen LogP contribution in [0.3, 0.4) is 0 Å². The average molecular weight is 285 g/mol. The maximum absolute atomic E-state index is 9.22. The molecule has 1 unspecified atom stereocenters. The molecule has 0 saturated carbocycles. The van der Waals surface area contributed by atoms with Crippen LogP contribution in [0, 0.1) is 0 Å². The Morgan fingerprint density at radius 1 is 1.10 bits per heavy atom. The van der Waals surface area contributed by atoms with Crippen molar-refractivity contribution < 1.29 is 24.4 Å². The van der Waals surface area contributed by atoms with Gasteiger partial charge in [-0.2, -0.15) is 0 Å². The molecule has 0 aromatic heterocycles. The van der Waals surface area contributed by atoms with E-state index < -0.39 is 6.10 Å². The molecule has 0 amide bonds. The number of rotatable bonds is 9. The van der Waals surface area contributed by atoms with Crippen LogP contribution in [0.4, 0.5) is 0 Å². The highest BCUT2D eigenvalue weighted by atomic mass is 16.5. The summed E-state index contributed by atoms with van der Waals surface area (Å²) < 4.78 is 15.8. The van der Waals surface area contributed by atoms with E-state index in [2.05, 4.69) is 5.32 Å². The van der Waals surface area contributed by atoms with Crippen LogP contribution in [0.25, 0.3) is 0 Å². The second-order valence-corrected chi connectivity index (χ2v) is 4.32. The maximum atomic E-state index is 9.22. The zero-order valence-corrected chi connectivity index (χ0v) is 12.2. The Bertz CT molecular complexity index is 386. The lowest BCUT2D eigenvalue weighted by molar-refractivity contribution is 0.0947. The third-order valence-electron chi connectivity index (χ3n) is 2.91. The van der Waals surface area contributed by atoms with Crippen molar-refractivity contribution in [2.24, 2.45) is 0 Å². The molecule has 0 radical (unpaired) electrons. The van der Waals surface area contributed by atoms with E-state index in [0.717, 1.165) is 12.0 Å². The molecular formula is C14H23NO5. The molecule has 1 rings (SSSR count). The van der Waals surface area contributed by atoms with Crippen molar-refractivity contribution in [1.82, 2.24) is 5.32 Å². The van der Waals surface area contributed by atoms with Crippen molar-refractivity contribution in [2.45, 2.75) is 12.5 Å². The van der Waals surface area contributed by atoms with E-state index in [9.17, 15) is 5.11 Å². The quantitative estimate of drug-likeness (QED) is 0.562. The minimum atomic E-state index is -0.727. The molecule has 0 bridgehead atoms. The Morgan fingerprint density at radius 2 is 1.70 bits per heavy atom. The molecule has 0 aliphatic carbocycles. The summed E-state index contributed by atoms with van der Waals surface area (Å²) in [4.78, 5) is 0. The average Bonchev–Trinajstić information content (AvgIpc) is 2.49. The fraction of sp³-hybridized carbons (Fsp3) is 0.571. The summed E-state index contributed by atoms with van der Waals surface area (Å²) in [5.41, 5.74) is 1.03. The lowest BCUT2D eigenvalue weighted by atomic mass is 10.1. The molecule has 0 spiro atoms. The first-order chi connectivity index (χ1) is 9.65. The Hall–Kier alpha value is -1.50. The standard InChI is InChI=1S/C14H23NO5/c1-18-12-6-10(4-5-15-8-11(17)9-16)7-13(19-2)14(12)20-3/h6-7,11,15-17H,4-5,8-9H2,1-3H3. The number of aliphatic hydroxyl groups is 2. The summed E-state index contributed by atoms with van der Waals surface area (Å²) in [5, 5.41) is 21.0. The van der Waals surface area contributed by atoms with Crippen molar-refractivity contribution in [3.63, 3.8) is 0 Å². The smallest absolute Gasteiger partial charge is 0.203 e. The van der Waals surface area contributed by atoms with Gasteiger partial charge in [0.25, 0.3) is 0 Å². The molecule has 0 fully saturated rings. The molecule has 20 heavy (non-hydrogen) atoms. The van der Waals surface area contributed by atoms with E-state index in [1.165, 1.54) is 0 Å². The highest BCUT2D eigenvalue weighted by molar-refractivity contribution is 5.53. The van der Waals surface area contributed by atoms with Crippen LogP contribution in [0.1, 0.15) is 5.56 Å². The number of methoxy groups -OCH3 is 3. The Kier molecular flexibility index (Phi) is 7.14. The van der Waals surface area contributed by atoms with Gasteiger partial charge < -0.3 is 29.7 Å². The summed E-state index contributed by atoms with van der Waals surface area (Å²) in [5.74, 6) is 1.82. The number of ether oxygens (including phenoxy) is 3. The number of hydrogen-bond acceptors (Lipinski definition) is 6. The largest absolute Gasteiger partial charge is 0.493 e. The van der Waals surface area contributed by atoms with E-state index in [4.69, 9.17) is 19.3 Å². The fourth-order valence-electron chi connectivity index (χ4n) is 1.85. The van der Waals surface area contributed by atoms with Gasteiger partial charge in [-0.15, -0.1) is 0 Å². The predicted molar refractivity (Wildman–Crippen MR) is 75.8 cm³/mol. The zero-order chi connectivity index (χ0) is 15.0. The van der Waals surface area contributed by atoms with Crippen molar-refractivity contribution in [3.05, 3.63) is 17.7 Å². The van der Waals surface area contributed by atoms with Gasteiger partial charge in [0.05, 0.1) is 34.0 Å². The summed E-state index contributed by atoms with van der Waals surface area (Å²) >= 11 is 0. The van der Waals surface area contributed by atoms with Crippen molar-refractivity contribution >= 4 is 0 Å². The first-order valence-electron chi connectivity index (χ1n) is 6.44. The Labute approximate surface area is 119 Å². The monoisotopic (exact) mass is 285 g/mol. The van der Waals surface area contributed by atoms with E-state index >= 15 is 0 Å². The SMILES string of the molecule is COc1cc(CCNCC(O)CO)cc(OC)c1OC. The molecule has 6 heteroatoms. The highest BCUT2D eigenvalue weighted by Crippen LogP contribution is 2.38. The fourth-order valence-corrected chi connectivity index (χ4v) is 1.85. The third-order valence-corrected chi connectivity index (χ3v) is 2.91. The van der Waals surface area contributed by atoms with Gasteiger partial charge in [-0.1, -0.05) is 0 Å². The molecule has 0 heterocycles. The van der Waals surface area contributed by atoms with Crippen LogP contribution in [-0.2, 0) is 6.42 Å². The van der Waals surface area contributed by atoms with Crippen LogP contribution < -0.4 is 19.5 Å². The van der Waals surface area contributed by atoms with Crippen molar-refractivity contribution in [3.8, 4) is 17.2 Å². The molecule has 114 valence electrons. The van der Waals surface area contributed by atoms with Gasteiger partial charge in [-0.3, -0.25) is 0 Å². The number of aliphatic hydroxyl groups excluding tert-OH is 2. The zero-order valence-electron chi connectivity index (χ0n) is 12.2. The summed E-state index contributed by atoms with van der Waals surface area (Å²) in [6.07, 6.45) is 0.0180. The van der Waals surface area contributed by atoms with E-state index in [-0.39, 0.29) is 6.61 Å². The minimum Gasteiger partial charge on any atom is -0.493 e. The highest BCUT2D eigenvalue weighted by Gasteiger charge is 2.12. The molecule has 0 saturated heterocycles. The summed E-state index contributed by atoms with van der Waals surface area (Å²) in [6, 6.07) is 3.79. The van der Waals surface area contributed by atoms with Gasteiger partial charge in [0.15, 0.2) is 11.5 Å². The molecule has 0 aliphatic rings. The van der Waals surface area contributed by atoms with E-state index in [1.54, 1.807) is 21.3 Å². The van der Waals surface area contributed by atoms with Crippen LogP contribution in [-0.4, -0.2) is 57.3 Å². The minimum absolute atomic E-state index is 0.239. The summed E-state index contributed by atoms with van der Waals surface area (Å²) in [6.45, 7) is 0.799. The van der Waals surface area contributed by atoms with Gasteiger partial charge in [-0.05, 0) is 30.7 Å². The Morgan fingerprint density at radius 3 is 2.15 bits per heavy atom. The predicted octanol–water partition coefficient (Wildman–Crippen LogP) is 0.198. The number of benzene rings is 1. The maximum Gasteiger partial charge on any atom is 0.203 e. The molecule has 6 nitrogen and oxygen atoms in total. The lowest BCUT2D eigenvalue weighted by Gasteiger charge is -2.14. The van der Waals surface area contributed by atoms with Crippen LogP contribution in [0.5, 0.6) is 17.2 Å². The second-order valence-electron chi connectivity index (χ2n) is 4.32. The van der Waals surface area contributed by atoms with Gasteiger partial charge in [-0.25, -0.2) is 0 Å². The molecule has 1 atom stereocenters. The second kappa shape index (κ2) is 8.63. The Balaban J connectivity index is 2.66. The van der Waals surface area contributed by atoms with Crippen LogP contribution >= 0.6 is 0 Å². The number of nitrogens with one attached hydrogen (secondary N) is 1. The van der Waals surface area contributed by atoms with Crippen molar-refractivity contribution in [1.29, 1.82) is 0 Å². The van der Waals surface area contributed by atoms with Gasteiger partial charge in [0.2, 0.25) is 5.75 Å². The molecule has 0 aliphatic heterocycles. The topological polar surface area (TPSA) is 80.2 Å².